The molecule has 0 radical (unpaired) electrons. The Balaban J connectivity index is 1.99. The molecule has 0 saturated heterocycles. The van der Waals surface area contributed by atoms with Crippen molar-refractivity contribution in [2.24, 2.45) is 5.92 Å². The second-order valence-corrected chi connectivity index (χ2v) is 6.37. The zero-order valence-electron chi connectivity index (χ0n) is 14.1. The van der Waals surface area contributed by atoms with Crippen LogP contribution in [0.15, 0.2) is 36.4 Å². The van der Waals surface area contributed by atoms with Gasteiger partial charge in [-0.25, -0.2) is 4.98 Å². The predicted molar refractivity (Wildman–Crippen MR) is 94.1 cm³/mol. The summed E-state index contributed by atoms with van der Waals surface area (Å²) in [4.78, 5) is 19.1. The van der Waals surface area contributed by atoms with Crippen LogP contribution in [-0.2, 0) is 0 Å². The summed E-state index contributed by atoms with van der Waals surface area (Å²) >= 11 is 0. The van der Waals surface area contributed by atoms with Crippen molar-refractivity contribution in [3.05, 3.63) is 53.3 Å². The molecule has 1 aliphatic rings. The summed E-state index contributed by atoms with van der Waals surface area (Å²) in [5.74, 6) is 0.256. The van der Waals surface area contributed by atoms with Crippen molar-refractivity contribution in [1.29, 1.82) is 5.26 Å². The van der Waals surface area contributed by atoms with Crippen molar-refractivity contribution in [3.8, 4) is 6.07 Å². The van der Waals surface area contributed by atoms with Gasteiger partial charge in [-0.2, -0.15) is 5.26 Å². The monoisotopic (exact) mass is 320 g/mol. The van der Waals surface area contributed by atoms with Gasteiger partial charge in [0.25, 0.3) is 5.91 Å². The summed E-state index contributed by atoms with van der Waals surface area (Å²) in [5.41, 5.74) is 3.26. The summed E-state index contributed by atoms with van der Waals surface area (Å²) in [6.07, 6.45) is 0. The van der Waals surface area contributed by atoms with Crippen LogP contribution < -0.4 is 10.2 Å². The number of amides is 1. The van der Waals surface area contributed by atoms with Crippen LogP contribution in [0.2, 0.25) is 0 Å². The number of anilines is 2. The van der Waals surface area contributed by atoms with Gasteiger partial charge in [0, 0.05) is 12.6 Å². The molecule has 24 heavy (non-hydrogen) atoms. The summed E-state index contributed by atoms with van der Waals surface area (Å²) < 4.78 is 0. The number of aryl methyl sites for hydroxylation is 1. The minimum absolute atomic E-state index is 0.137. The average Bonchev–Trinajstić information content (AvgIpc) is 2.60. The Kier molecular flexibility index (Phi) is 4.22. The molecule has 2 aromatic rings. The first-order valence-corrected chi connectivity index (χ1v) is 8.06. The van der Waals surface area contributed by atoms with Gasteiger partial charge in [-0.3, -0.25) is 4.79 Å². The van der Waals surface area contributed by atoms with E-state index in [9.17, 15) is 4.79 Å². The van der Waals surface area contributed by atoms with Gasteiger partial charge in [0.1, 0.15) is 11.8 Å². The fraction of sp³-hybridized carbons (Fsp3) is 0.316. The zero-order valence-corrected chi connectivity index (χ0v) is 14.1. The number of fused-ring (bicyclic) bond motifs is 1. The molecule has 0 fully saturated rings. The second-order valence-electron chi connectivity index (χ2n) is 6.37. The summed E-state index contributed by atoms with van der Waals surface area (Å²) in [6, 6.07) is 13.4. The lowest BCUT2D eigenvalue weighted by Crippen LogP contribution is -2.47. The fourth-order valence-electron chi connectivity index (χ4n) is 2.88. The highest BCUT2D eigenvalue weighted by Crippen LogP contribution is 2.33. The van der Waals surface area contributed by atoms with Gasteiger partial charge in [-0.1, -0.05) is 26.0 Å². The Morgan fingerprint density at radius 3 is 2.75 bits per heavy atom. The standard InChI is InChI=1S/C19H20N4O/c1-12(2)17-11-23(18-7-5-4-6-15(18)22-17)19(24)16-9-8-14(10-20)13(3)21-16/h4-9,12,17,22H,11H2,1-3H3/t17-/m1/s1. The molecule has 5 nitrogen and oxygen atoms in total. The molecule has 0 aliphatic carbocycles. The van der Waals surface area contributed by atoms with Crippen LogP contribution in [0.4, 0.5) is 11.4 Å². The first-order chi connectivity index (χ1) is 11.5. The van der Waals surface area contributed by atoms with E-state index in [-0.39, 0.29) is 11.9 Å². The first-order valence-electron chi connectivity index (χ1n) is 8.06. The fourth-order valence-corrected chi connectivity index (χ4v) is 2.88. The lowest BCUT2D eigenvalue weighted by Gasteiger charge is -2.37. The molecule has 0 saturated carbocycles. The molecule has 0 unspecified atom stereocenters. The Labute approximate surface area is 141 Å². The van der Waals surface area contributed by atoms with Crippen LogP contribution in [0, 0.1) is 24.2 Å². The third kappa shape index (κ3) is 2.83. The third-order valence-corrected chi connectivity index (χ3v) is 4.39. The number of aromatic nitrogens is 1. The van der Waals surface area contributed by atoms with Crippen LogP contribution in [0.25, 0.3) is 0 Å². The van der Waals surface area contributed by atoms with Crippen LogP contribution in [-0.4, -0.2) is 23.5 Å². The minimum atomic E-state index is -0.137. The van der Waals surface area contributed by atoms with Gasteiger partial charge in [-0.15, -0.1) is 0 Å². The van der Waals surface area contributed by atoms with Crippen LogP contribution in [0.1, 0.15) is 35.6 Å². The molecule has 1 aromatic carbocycles. The van der Waals surface area contributed by atoms with Gasteiger partial charge in [0.2, 0.25) is 0 Å². The van der Waals surface area contributed by atoms with E-state index < -0.39 is 0 Å². The molecule has 0 bridgehead atoms. The number of nitrogens with zero attached hydrogens (tertiary/aromatic N) is 3. The maximum atomic E-state index is 13.0. The highest BCUT2D eigenvalue weighted by atomic mass is 16.2. The van der Waals surface area contributed by atoms with Crippen molar-refractivity contribution < 1.29 is 4.79 Å². The lowest BCUT2D eigenvalue weighted by atomic mass is 9.99. The largest absolute Gasteiger partial charge is 0.379 e. The van der Waals surface area contributed by atoms with Crippen molar-refractivity contribution in [2.75, 3.05) is 16.8 Å². The van der Waals surface area contributed by atoms with Gasteiger partial charge in [-0.05, 0) is 37.1 Å². The number of hydrogen-bond donors (Lipinski definition) is 1. The molecular formula is C19H20N4O. The third-order valence-electron chi connectivity index (χ3n) is 4.39. The van der Waals surface area contributed by atoms with Gasteiger partial charge in [0.05, 0.1) is 22.6 Å². The van der Waals surface area contributed by atoms with Gasteiger partial charge in [0.15, 0.2) is 0 Å². The Hall–Kier alpha value is -2.87. The molecule has 0 spiro atoms. The van der Waals surface area contributed by atoms with E-state index in [2.05, 4.69) is 30.2 Å². The van der Waals surface area contributed by atoms with E-state index in [4.69, 9.17) is 5.26 Å². The molecule has 2 heterocycles. The van der Waals surface area contributed by atoms with E-state index in [1.165, 1.54) is 0 Å². The number of para-hydroxylation sites is 2. The molecule has 1 aromatic heterocycles. The SMILES string of the molecule is Cc1nc(C(=O)N2C[C@H](C(C)C)Nc3ccccc32)ccc1C#N. The minimum Gasteiger partial charge on any atom is -0.379 e. The van der Waals surface area contributed by atoms with E-state index in [1.807, 2.05) is 24.3 Å². The maximum absolute atomic E-state index is 13.0. The molecule has 1 atom stereocenters. The zero-order chi connectivity index (χ0) is 17.3. The summed E-state index contributed by atoms with van der Waals surface area (Å²) in [5, 5.41) is 12.5. The van der Waals surface area contributed by atoms with Crippen LogP contribution >= 0.6 is 0 Å². The molecule has 122 valence electrons. The van der Waals surface area contributed by atoms with Crippen molar-refractivity contribution >= 4 is 17.3 Å². The second kappa shape index (κ2) is 6.32. The number of rotatable bonds is 2. The van der Waals surface area contributed by atoms with E-state index in [0.29, 0.717) is 29.4 Å². The molecule has 1 aliphatic heterocycles. The van der Waals surface area contributed by atoms with Gasteiger partial charge < -0.3 is 10.2 Å². The number of pyridine rings is 1. The van der Waals surface area contributed by atoms with Crippen LogP contribution in [0.3, 0.4) is 0 Å². The number of hydrogen-bond acceptors (Lipinski definition) is 4. The van der Waals surface area contributed by atoms with Crippen molar-refractivity contribution in [1.82, 2.24) is 4.98 Å². The van der Waals surface area contributed by atoms with E-state index >= 15 is 0 Å². The number of nitrogens with one attached hydrogen (secondary N) is 1. The molecule has 5 heteroatoms. The predicted octanol–water partition coefficient (Wildman–Crippen LogP) is 3.36. The Bertz CT molecular complexity index is 822. The summed E-state index contributed by atoms with van der Waals surface area (Å²) in [7, 11) is 0. The first kappa shape index (κ1) is 16.0. The average molecular weight is 320 g/mol. The van der Waals surface area contributed by atoms with E-state index in [1.54, 1.807) is 24.0 Å². The van der Waals surface area contributed by atoms with E-state index in [0.717, 1.165) is 11.4 Å². The molecular weight excluding hydrogens is 300 g/mol. The van der Waals surface area contributed by atoms with Crippen molar-refractivity contribution in [2.45, 2.75) is 26.8 Å². The highest BCUT2D eigenvalue weighted by molar-refractivity contribution is 6.07. The number of nitriles is 1. The molecule has 1 amide bonds. The number of benzene rings is 1. The number of carbonyl (C=O) groups is 1. The normalized spacial score (nSPS) is 16.3. The quantitative estimate of drug-likeness (QED) is 0.921. The highest BCUT2D eigenvalue weighted by Gasteiger charge is 2.30. The Morgan fingerprint density at radius 1 is 1.33 bits per heavy atom. The van der Waals surface area contributed by atoms with Crippen molar-refractivity contribution in [3.63, 3.8) is 0 Å². The number of carbonyl (C=O) groups excluding carboxylic acids is 1. The van der Waals surface area contributed by atoms with Gasteiger partial charge >= 0.3 is 0 Å². The summed E-state index contributed by atoms with van der Waals surface area (Å²) in [6.45, 7) is 6.61. The Morgan fingerprint density at radius 2 is 2.08 bits per heavy atom. The molecule has 1 N–H and O–H groups in total. The topological polar surface area (TPSA) is 69.0 Å². The van der Waals surface area contributed by atoms with Crippen LogP contribution in [0.5, 0.6) is 0 Å². The maximum Gasteiger partial charge on any atom is 0.277 e. The molecule has 3 rings (SSSR count). The lowest BCUT2D eigenvalue weighted by molar-refractivity contribution is 0.0978. The smallest absolute Gasteiger partial charge is 0.277 e.